The van der Waals surface area contributed by atoms with Crippen LogP contribution in [0.4, 0.5) is 0 Å². The summed E-state index contributed by atoms with van der Waals surface area (Å²) in [6.07, 6.45) is 10.2. The van der Waals surface area contributed by atoms with Gasteiger partial charge in [0.15, 0.2) is 0 Å². The fourth-order valence-corrected chi connectivity index (χ4v) is 2.15. The first-order valence-corrected chi connectivity index (χ1v) is 6.54. The molecule has 0 nitrogen and oxygen atoms in total. The lowest BCUT2D eigenvalue weighted by molar-refractivity contribution is 0.506. The number of rotatable bonds is 8. The molecule has 0 aromatic carbocycles. The highest BCUT2D eigenvalue weighted by atomic mass is 127. The van der Waals surface area contributed by atoms with Gasteiger partial charge in [-0.2, -0.15) is 0 Å². The first kappa shape index (κ1) is 12.5. The highest BCUT2D eigenvalue weighted by Gasteiger charge is 2.03. The highest BCUT2D eigenvalue weighted by molar-refractivity contribution is 14.1. The van der Waals surface area contributed by atoms with Gasteiger partial charge in [0.05, 0.1) is 0 Å². The molecule has 0 aliphatic carbocycles. The van der Waals surface area contributed by atoms with Crippen molar-refractivity contribution in [3.63, 3.8) is 0 Å². The summed E-state index contributed by atoms with van der Waals surface area (Å²) >= 11 is 2.49. The SMILES string of the molecule is C=CCC(CI)CCCCCC. The number of hydrogen-bond donors (Lipinski definition) is 0. The van der Waals surface area contributed by atoms with E-state index in [1.165, 1.54) is 43.0 Å². The maximum absolute atomic E-state index is 3.79. The Bertz CT molecular complexity index is 99.2. The van der Waals surface area contributed by atoms with E-state index in [1.807, 2.05) is 0 Å². The van der Waals surface area contributed by atoms with E-state index in [2.05, 4.69) is 42.2 Å². The third kappa shape index (κ3) is 7.14. The largest absolute Gasteiger partial charge is 0.103 e. The van der Waals surface area contributed by atoms with E-state index in [1.54, 1.807) is 0 Å². The van der Waals surface area contributed by atoms with Gasteiger partial charge >= 0.3 is 0 Å². The number of allylic oxidation sites excluding steroid dienone is 1. The van der Waals surface area contributed by atoms with Gasteiger partial charge in [-0.05, 0) is 18.8 Å². The van der Waals surface area contributed by atoms with Crippen LogP contribution in [-0.4, -0.2) is 4.43 Å². The zero-order chi connectivity index (χ0) is 9.23. The van der Waals surface area contributed by atoms with Crippen LogP contribution in [0.25, 0.3) is 0 Å². The number of alkyl halides is 1. The molecule has 12 heavy (non-hydrogen) atoms. The summed E-state index contributed by atoms with van der Waals surface area (Å²) in [7, 11) is 0. The van der Waals surface area contributed by atoms with Crippen LogP contribution >= 0.6 is 22.6 Å². The Hall–Kier alpha value is 0.470. The van der Waals surface area contributed by atoms with Crippen molar-refractivity contribution in [3.8, 4) is 0 Å². The summed E-state index contributed by atoms with van der Waals surface area (Å²) < 4.78 is 1.29. The van der Waals surface area contributed by atoms with Gasteiger partial charge in [-0.25, -0.2) is 0 Å². The number of hydrogen-bond acceptors (Lipinski definition) is 0. The van der Waals surface area contributed by atoms with Crippen molar-refractivity contribution in [2.45, 2.75) is 45.4 Å². The molecule has 1 unspecified atom stereocenters. The van der Waals surface area contributed by atoms with Gasteiger partial charge < -0.3 is 0 Å². The second-order valence-electron chi connectivity index (χ2n) is 3.39. The van der Waals surface area contributed by atoms with Crippen molar-refractivity contribution in [1.29, 1.82) is 0 Å². The average molecular weight is 280 g/mol. The van der Waals surface area contributed by atoms with E-state index in [0.717, 1.165) is 5.92 Å². The summed E-state index contributed by atoms with van der Waals surface area (Å²) in [6, 6.07) is 0. The zero-order valence-corrected chi connectivity index (χ0v) is 10.3. The summed E-state index contributed by atoms with van der Waals surface area (Å²) in [5, 5.41) is 0. The molecular weight excluding hydrogens is 259 g/mol. The molecule has 0 rings (SSSR count). The predicted octanol–water partition coefficient (Wildman–Crippen LogP) is 4.58. The molecule has 0 radical (unpaired) electrons. The summed E-state index contributed by atoms with van der Waals surface area (Å²) in [5.74, 6) is 0.889. The van der Waals surface area contributed by atoms with Crippen LogP contribution in [0.3, 0.4) is 0 Å². The molecule has 0 aromatic rings. The van der Waals surface area contributed by atoms with Crippen molar-refractivity contribution in [2.75, 3.05) is 4.43 Å². The molecule has 72 valence electrons. The molecule has 0 heterocycles. The van der Waals surface area contributed by atoms with Crippen LogP contribution in [0.2, 0.25) is 0 Å². The van der Waals surface area contributed by atoms with E-state index in [9.17, 15) is 0 Å². The number of unbranched alkanes of at least 4 members (excludes halogenated alkanes) is 3. The Morgan fingerprint density at radius 3 is 2.58 bits per heavy atom. The van der Waals surface area contributed by atoms with Crippen molar-refractivity contribution in [3.05, 3.63) is 12.7 Å². The Balaban J connectivity index is 3.25. The van der Waals surface area contributed by atoms with Gasteiger partial charge in [0, 0.05) is 4.43 Å². The fourth-order valence-electron chi connectivity index (χ4n) is 1.35. The first-order chi connectivity index (χ1) is 5.85. The molecule has 1 atom stereocenters. The van der Waals surface area contributed by atoms with Gasteiger partial charge in [-0.3, -0.25) is 0 Å². The molecule has 0 saturated heterocycles. The van der Waals surface area contributed by atoms with Gasteiger partial charge in [-0.15, -0.1) is 6.58 Å². The molecule has 0 aromatic heterocycles. The maximum atomic E-state index is 3.79. The topological polar surface area (TPSA) is 0 Å². The van der Waals surface area contributed by atoms with E-state index in [0.29, 0.717) is 0 Å². The Morgan fingerprint density at radius 2 is 2.08 bits per heavy atom. The lowest BCUT2D eigenvalue weighted by Crippen LogP contribution is -1.99. The van der Waals surface area contributed by atoms with Gasteiger partial charge in [0.1, 0.15) is 0 Å². The Labute approximate surface area is 91.0 Å². The minimum atomic E-state index is 0.889. The van der Waals surface area contributed by atoms with Crippen LogP contribution in [0.1, 0.15) is 45.4 Å². The monoisotopic (exact) mass is 280 g/mol. The zero-order valence-electron chi connectivity index (χ0n) is 8.19. The molecule has 0 aliphatic heterocycles. The maximum Gasteiger partial charge on any atom is 0.00266 e. The van der Waals surface area contributed by atoms with Crippen molar-refractivity contribution in [2.24, 2.45) is 5.92 Å². The van der Waals surface area contributed by atoms with Crippen molar-refractivity contribution in [1.82, 2.24) is 0 Å². The van der Waals surface area contributed by atoms with Crippen LogP contribution < -0.4 is 0 Å². The van der Waals surface area contributed by atoms with Crippen LogP contribution in [0.15, 0.2) is 12.7 Å². The summed E-state index contributed by atoms with van der Waals surface area (Å²) in [4.78, 5) is 0. The molecule has 0 aliphatic rings. The smallest absolute Gasteiger partial charge is 0.00266 e. The third-order valence-corrected chi connectivity index (χ3v) is 3.43. The highest BCUT2D eigenvalue weighted by Crippen LogP contribution is 2.17. The van der Waals surface area contributed by atoms with Gasteiger partial charge in [0.25, 0.3) is 0 Å². The van der Waals surface area contributed by atoms with Crippen molar-refractivity contribution >= 4 is 22.6 Å². The molecule has 0 amide bonds. The molecule has 1 heteroatoms. The third-order valence-electron chi connectivity index (χ3n) is 2.18. The van der Waals surface area contributed by atoms with E-state index < -0.39 is 0 Å². The molecular formula is C11H21I. The normalized spacial score (nSPS) is 12.8. The van der Waals surface area contributed by atoms with E-state index in [4.69, 9.17) is 0 Å². The second kappa shape index (κ2) is 9.56. The molecule has 0 N–H and O–H groups in total. The van der Waals surface area contributed by atoms with Crippen LogP contribution in [-0.2, 0) is 0 Å². The molecule has 0 bridgehead atoms. The molecule has 0 saturated carbocycles. The number of halogens is 1. The minimum Gasteiger partial charge on any atom is -0.103 e. The predicted molar refractivity (Wildman–Crippen MR) is 66.0 cm³/mol. The van der Waals surface area contributed by atoms with E-state index in [-0.39, 0.29) is 0 Å². The Morgan fingerprint density at radius 1 is 1.33 bits per heavy atom. The lowest BCUT2D eigenvalue weighted by Gasteiger charge is -2.10. The summed E-state index contributed by atoms with van der Waals surface area (Å²) in [6.45, 7) is 6.05. The van der Waals surface area contributed by atoms with Crippen LogP contribution in [0, 0.1) is 5.92 Å². The quantitative estimate of drug-likeness (QED) is 0.264. The van der Waals surface area contributed by atoms with Crippen LogP contribution in [0.5, 0.6) is 0 Å². The van der Waals surface area contributed by atoms with Gasteiger partial charge in [0.2, 0.25) is 0 Å². The second-order valence-corrected chi connectivity index (χ2v) is 4.27. The first-order valence-electron chi connectivity index (χ1n) is 5.02. The van der Waals surface area contributed by atoms with E-state index >= 15 is 0 Å². The molecule has 0 fully saturated rings. The Kier molecular flexibility index (Phi) is 9.93. The molecule has 0 spiro atoms. The standard InChI is InChI=1S/C11H21I/c1-3-5-6-7-9-11(10-12)8-4-2/h4,11H,2-3,5-10H2,1H3. The average Bonchev–Trinajstić information content (AvgIpc) is 2.10. The lowest BCUT2D eigenvalue weighted by atomic mass is 10.00. The summed E-state index contributed by atoms with van der Waals surface area (Å²) in [5.41, 5.74) is 0. The van der Waals surface area contributed by atoms with Gasteiger partial charge in [-0.1, -0.05) is 61.3 Å². The van der Waals surface area contributed by atoms with Crippen molar-refractivity contribution < 1.29 is 0 Å². The fraction of sp³-hybridized carbons (Fsp3) is 0.818. The minimum absolute atomic E-state index is 0.889.